The van der Waals surface area contributed by atoms with Gasteiger partial charge >= 0.3 is 0 Å². The molecule has 2 N–H and O–H groups in total. The fourth-order valence-electron chi connectivity index (χ4n) is 1.06. The Morgan fingerprint density at radius 1 is 1.33 bits per heavy atom. The molecule has 0 aliphatic heterocycles. The zero-order valence-electron chi connectivity index (χ0n) is 9.87. The van der Waals surface area contributed by atoms with Gasteiger partial charge in [0, 0.05) is 11.5 Å². The molecule has 1 rings (SSSR count). The maximum atomic E-state index is 5.76. The maximum absolute atomic E-state index is 5.76. The van der Waals surface area contributed by atoms with Crippen molar-refractivity contribution in [3.05, 3.63) is 11.9 Å². The molecule has 0 saturated heterocycles. The molecule has 0 radical (unpaired) electrons. The monoisotopic (exact) mass is 225 g/mol. The van der Waals surface area contributed by atoms with Crippen molar-refractivity contribution >= 4 is 17.6 Å². The van der Waals surface area contributed by atoms with E-state index in [2.05, 4.69) is 37.7 Å². The highest BCUT2D eigenvalue weighted by Gasteiger charge is 2.18. The second kappa shape index (κ2) is 4.84. The van der Waals surface area contributed by atoms with Crippen molar-refractivity contribution in [2.45, 2.75) is 44.6 Å². The van der Waals surface area contributed by atoms with Crippen molar-refractivity contribution in [1.82, 2.24) is 9.97 Å². The fraction of sp³-hybridized carbons (Fsp3) is 0.636. The molecule has 0 bridgehead atoms. The molecule has 15 heavy (non-hydrogen) atoms. The zero-order chi connectivity index (χ0) is 11.5. The average Bonchev–Trinajstić information content (AvgIpc) is 2.12. The normalized spacial score (nSPS) is 11.7. The van der Waals surface area contributed by atoms with Crippen LogP contribution >= 0.6 is 11.8 Å². The van der Waals surface area contributed by atoms with Gasteiger partial charge in [-0.25, -0.2) is 9.97 Å². The van der Waals surface area contributed by atoms with Crippen LogP contribution in [0, 0.1) is 0 Å². The summed E-state index contributed by atoms with van der Waals surface area (Å²) < 4.78 is 0. The SMILES string of the molecule is CCCSc1cc(N)nc(C(C)(C)C)n1. The maximum Gasteiger partial charge on any atom is 0.137 e. The van der Waals surface area contributed by atoms with Crippen molar-refractivity contribution < 1.29 is 0 Å². The lowest BCUT2D eigenvalue weighted by atomic mass is 9.96. The lowest BCUT2D eigenvalue weighted by Crippen LogP contribution is -2.17. The minimum absolute atomic E-state index is 0.0447. The smallest absolute Gasteiger partial charge is 0.137 e. The van der Waals surface area contributed by atoms with Gasteiger partial charge in [0.05, 0.1) is 0 Å². The molecule has 0 unspecified atom stereocenters. The van der Waals surface area contributed by atoms with Crippen molar-refractivity contribution in [3.8, 4) is 0 Å². The summed E-state index contributed by atoms with van der Waals surface area (Å²) in [5, 5.41) is 0.981. The molecule has 0 atom stereocenters. The number of thioether (sulfide) groups is 1. The molecule has 1 heterocycles. The summed E-state index contributed by atoms with van der Waals surface area (Å²) in [6.07, 6.45) is 1.14. The number of nitrogens with zero attached hydrogens (tertiary/aromatic N) is 2. The predicted molar refractivity (Wildman–Crippen MR) is 66.2 cm³/mol. The first-order valence-electron chi connectivity index (χ1n) is 5.21. The number of nitrogens with two attached hydrogens (primary N) is 1. The number of rotatable bonds is 3. The van der Waals surface area contributed by atoms with Gasteiger partial charge in [0.15, 0.2) is 0 Å². The summed E-state index contributed by atoms with van der Waals surface area (Å²) in [6.45, 7) is 8.43. The number of aromatic nitrogens is 2. The molecule has 0 saturated carbocycles. The van der Waals surface area contributed by atoms with Gasteiger partial charge in [0.2, 0.25) is 0 Å². The van der Waals surface area contributed by atoms with Crippen LogP contribution in [0.15, 0.2) is 11.1 Å². The highest BCUT2D eigenvalue weighted by Crippen LogP contribution is 2.24. The van der Waals surface area contributed by atoms with E-state index in [0.29, 0.717) is 5.82 Å². The van der Waals surface area contributed by atoms with Crippen LogP contribution < -0.4 is 5.73 Å². The predicted octanol–water partition coefficient (Wildman–Crippen LogP) is 2.86. The Labute approximate surface area is 95.9 Å². The van der Waals surface area contributed by atoms with E-state index < -0.39 is 0 Å². The van der Waals surface area contributed by atoms with E-state index in [9.17, 15) is 0 Å². The molecule has 0 aromatic carbocycles. The van der Waals surface area contributed by atoms with Crippen LogP contribution in [0.5, 0.6) is 0 Å². The van der Waals surface area contributed by atoms with E-state index in [1.54, 1.807) is 11.8 Å². The molecular weight excluding hydrogens is 206 g/mol. The highest BCUT2D eigenvalue weighted by atomic mass is 32.2. The standard InChI is InChI=1S/C11H19N3S/c1-5-6-15-9-7-8(12)13-10(14-9)11(2,3)4/h7H,5-6H2,1-4H3,(H2,12,13,14). The minimum atomic E-state index is -0.0447. The third-order valence-electron chi connectivity index (χ3n) is 1.85. The largest absolute Gasteiger partial charge is 0.384 e. The molecule has 4 heteroatoms. The van der Waals surface area contributed by atoms with Gasteiger partial charge in [-0.1, -0.05) is 27.7 Å². The van der Waals surface area contributed by atoms with Crippen molar-refractivity contribution in [2.24, 2.45) is 0 Å². The fourth-order valence-corrected chi connectivity index (χ4v) is 1.83. The number of hydrogen-bond donors (Lipinski definition) is 1. The lowest BCUT2D eigenvalue weighted by molar-refractivity contribution is 0.540. The van der Waals surface area contributed by atoms with Gasteiger partial charge in [0.25, 0.3) is 0 Å². The van der Waals surface area contributed by atoms with Crippen LogP contribution in [0.3, 0.4) is 0 Å². The first kappa shape index (κ1) is 12.3. The summed E-state index contributed by atoms with van der Waals surface area (Å²) in [6, 6.07) is 1.84. The van der Waals surface area contributed by atoms with Crippen molar-refractivity contribution in [1.29, 1.82) is 0 Å². The summed E-state index contributed by atoms with van der Waals surface area (Å²) in [7, 11) is 0. The van der Waals surface area contributed by atoms with Gasteiger partial charge < -0.3 is 5.73 Å². The van der Waals surface area contributed by atoms with E-state index in [1.807, 2.05) is 6.07 Å². The lowest BCUT2D eigenvalue weighted by Gasteiger charge is -2.17. The number of hydrogen-bond acceptors (Lipinski definition) is 4. The van der Waals surface area contributed by atoms with Crippen LogP contribution in [0.2, 0.25) is 0 Å². The molecule has 0 aliphatic carbocycles. The zero-order valence-corrected chi connectivity index (χ0v) is 10.7. The molecule has 0 spiro atoms. The Bertz CT molecular complexity index is 331. The Balaban J connectivity index is 2.95. The Hall–Kier alpha value is -0.770. The van der Waals surface area contributed by atoms with Gasteiger partial charge in [0.1, 0.15) is 16.7 Å². The Morgan fingerprint density at radius 3 is 2.53 bits per heavy atom. The van der Waals surface area contributed by atoms with Crippen molar-refractivity contribution in [3.63, 3.8) is 0 Å². The van der Waals surface area contributed by atoms with Crippen LogP contribution in [-0.2, 0) is 5.41 Å². The average molecular weight is 225 g/mol. The van der Waals surface area contributed by atoms with Gasteiger partial charge in [-0.15, -0.1) is 11.8 Å². The van der Waals surface area contributed by atoms with Gasteiger partial charge in [-0.3, -0.25) is 0 Å². The minimum Gasteiger partial charge on any atom is -0.384 e. The van der Waals surface area contributed by atoms with Crippen LogP contribution in [-0.4, -0.2) is 15.7 Å². The second-order valence-electron chi connectivity index (χ2n) is 4.55. The van der Waals surface area contributed by atoms with E-state index >= 15 is 0 Å². The first-order chi connectivity index (χ1) is 6.93. The topological polar surface area (TPSA) is 51.8 Å². The quantitative estimate of drug-likeness (QED) is 0.635. The first-order valence-corrected chi connectivity index (χ1v) is 6.20. The van der Waals surface area contributed by atoms with Crippen LogP contribution in [0.1, 0.15) is 39.9 Å². The summed E-state index contributed by atoms with van der Waals surface area (Å²) >= 11 is 1.73. The highest BCUT2D eigenvalue weighted by molar-refractivity contribution is 7.99. The van der Waals surface area contributed by atoms with Gasteiger partial charge in [-0.2, -0.15) is 0 Å². The number of anilines is 1. The molecular formula is C11H19N3S. The molecule has 0 aliphatic rings. The molecule has 84 valence electrons. The molecule has 0 fully saturated rings. The van der Waals surface area contributed by atoms with Crippen LogP contribution in [0.25, 0.3) is 0 Å². The number of nitrogen functional groups attached to an aromatic ring is 1. The third-order valence-corrected chi connectivity index (χ3v) is 2.96. The van der Waals surface area contributed by atoms with Gasteiger partial charge in [-0.05, 0) is 12.2 Å². The van der Waals surface area contributed by atoms with Crippen molar-refractivity contribution in [2.75, 3.05) is 11.5 Å². The molecule has 1 aromatic rings. The van der Waals surface area contributed by atoms with Crippen LogP contribution in [0.4, 0.5) is 5.82 Å². The molecule has 3 nitrogen and oxygen atoms in total. The van der Waals surface area contributed by atoms with E-state index in [-0.39, 0.29) is 5.41 Å². The Kier molecular flexibility index (Phi) is 3.97. The second-order valence-corrected chi connectivity index (χ2v) is 5.67. The van der Waals surface area contributed by atoms with E-state index in [0.717, 1.165) is 23.0 Å². The van der Waals surface area contributed by atoms with E-state index in [1.165, 1.54) is 0 Å². The summed E-state index contributed by atoms with van der Waals surface area (Å²) in [5.41, 5.74) is 5.72. The summed E-state index contributed by atoms with van der Waals surface area (Å²) in [5.74, 6) is 2.45. The third kappa shape index (κ3) is 3.70. The van der Waals surface area contributed by atoms with E-state index in [4.69, 9.17) is 5.73 Å². The Morgan fingerprint density at radius 2 is 2.00 bits per heavy atom. The molecule has 0 amide bonds. The molecule has 1 aromatic heterocycles. The summed E-state index contributed by atoms with van der Waals surface area (Å²) in [4.78, 5) is 8.78.